The zero-order chi connectivity index (χ0) is 13.0. The molecule has 18 heavy (non-hydrogen) atoms. The fourth-order valence-electron chi connectivity index (χ4n) is 2.05. The van der Waals surface area contributed by atoms with Crippen molar-refractivity contribution in [3.8, 4) is 0 Å². The smallest absolute Gasteiger partial charge is 0.267 e. The number of piperazine rings is 1. The summed E-state index contributed by atoms with van der Waals surface area (Å²) < 4.78 is 1.20. The third-order valence-electron chi connectivity index (χ3n) is 3.24. The first kappa shape index (κ1) is 12.8. The largest absolute Gasteiger partial charge is 0.339 e. The molecule has 1 saturated heterocycles. The lowest BCUT2D eigenvalue weighted by Crippen LogP contribution is -2.49. The first-order valence-corrected chi connectivity index (χ1v) is 6.23. The monoisotopic (exact) mass is 250 g/mol. The normalized spacial score (nSPS) is 16.8. The van der Waals surface area contributed by atoms with E-state index in [9.17, 15) is 9.59 Å². The number of likely N-dealkylation sites (N-methyl/N-ethyl adjacent to an activating group) is 1. The molecular formula is C12H18N4O2. The maximum atomic E-state index is 12.0. The second-order valence-electron chi connectivity index (χ2n) is 4.33. The van der Waals surface area contributed by atoms with Crippen LogP contribution in [0.4, 0.5) is 0 Å². The van der Waals surface area contributed by atoms with Gasteiger partial charge in [-0.05, 0) is 12.6 Å². The second-order valence-corrected chi connectivity index (χ2v) is 4.33. The van der Waals surface area contributed by atoms with Gasteiger partial charge < -0.3 is 9.80 Å². The average molecular weight is 250 g/mol. The number of aromatic nitrogens is 2. The average Bonchev–Trinajstić information content (AvgIpc) is 2.41. The van der Waals surface area contributed by atoms with Gasteiger partial charge in [-0.25, -0.2) is 4.68 Å². The van der Waals surface area contributed by atoms with E-state index in [1.54, 1.807) is 11.0 Å². The molecule has 0 bridgehead atoms. The molecule has 1 aromatic rings. The van der Waals surface area contributed by atoms with Crippen LogP contribution >= 0.6 is 0 Å². The molecule has 0 spiro atoms. The lowest BCUT2D eigenvalue weighted by molar-refractivity contribution is -0.133. The van der Waals surface area contributed by atoms with E-state index in [0.717, 1.165) is 32.7 Å². The van der Waals surface area contributed by atoms with Crippen LogP contribution in [0.2, 0.25) is 0 Å². The number of nitrogens with zero attached hydrogens (tertiary/aromatic N) is 4. The molecule has 2 rings (SSSR count). The van der Waals surface area contributed by atoms with Gasteiger partial charge in [-0.2, -0.15) is 5.10 Å². The Hall–Kier alpha value is -1.69. The minimum atomic E-state index is -0.238. The van der Waals surface area contributed by atoms with E-state index < -0.39 is 0 Å². The molecule has 0 aromatic carbocycles. The zero-order valence-electron chi connectivity index (χ0n) is 10.6. The molecule has 0 saturated carbocycles. The summed E-state index contributed by atoms with van der Waals surface area (Å²) in [5.41, 5.74) is -0.238. The third-order valence-corrected chi connectivity index (χ3v) is 3.24. The molecule has 98 valence electrons. The third kappa shape index (κ3) is 2.95. The predicted molar refractivity (Wildman–Crippen MR) is 67.2 cm³/mol. The summed E-state index contributed by atoms with van der Waals surface area (Å²) in [7, 11) is 0. The van der Waals surface area contributed by atoms with Crippen LogP contribution in [0, 0.1) is 0 Å². The highest BCUT2D eigenvalue weighted by Gasteiger charge is 2.20. The van der Waals surface area contributed by atoms with Crippen molar-refractivity contribution in [1.82, 2.24) is 19.6 Å². The molecule has 0 unspecified atom stereocenters. The number of carbonyl (C=O) groups excluding carboxylic acids is 1. The Bertz CT molecular complexity index is 463. The molecule has 6 nitrogen and oxygen atoms in total. The van der Waals surface area contributed by atoms with Gasteiger partial charge in [-0.1, -0.05) is 6.92 Å². The minimum absolute atomic E-state index is 0.0335. The van der Waals surface area contributed by atoms with Crippen LogP contribution in [0.5, 0.6) is 0 Å². The molecule has 1 amide bonds. The summed E-state index contributed by atoms with van der Waals surface area (Å²) in [5, 5.41) is 3.89. The number of carbonyl (C=O) groups is 1. The van der Waals surface area contributed by atoms with Crippen molar-refractivity contribution in [1.29, 1.82) is 0 Å². The van der Waals surface area contributed by atoms with E-state index in [2.05, 4.69) is 16.9 Å². The van der Waals surface area contributed by atoms with Crippen molar-refractivity contribution in [2.75, 3.05) is 32.7 Å². The highest BCUT2D eigenvalue weighted by molar-refractivity contribution is 5.76. The van der Waals surface area contributed by atoms with Gasteiger partial charge in [0.25, 0.3) is 5.56 Å². The maximum Gasteiger partial charge on any atom is 0.267 e. The maximum absolute atomic E-state index is 12.0. The molecule has 0 N–H and O–H groups in total. The van der Waals surface area contributed by atoms with Crippen LogP contribution in [0.15, 0.2) is 23.1 Å². The molecule has 1 aliphatic heterocycles. The summed E-state index contributed by atoms with van der Waals surface area (Å²) in [4.78, 5) is 27.6. The zero-order valence-corrected chi connectivity index (χ0v) is 10.6. The first-order valence-electron chi connectivity index (χ1n) is 6.23. The van der Waals surface area contributed by atoms with E-state index in [1.165, 1.54) is 16.9 Å². The molecule has 1 fully saturated rings. The summed E-state index contributed by atoms with van der Waals surface area (Å²) in [6.07, 6.45) is 1.52. The van der Waals surface area contributed by atoms with Gasteiger partial charge in [0, 0.05) is 38.4 Å². The topological polar surface area (TPSA) is 58.4 Å². The first-order chi connectivity index (χ1) is 8.70. The predicted octanol–water partition coefficient (Wildman–Crippen LogP) is -0.593. The van der Waals surface area contributed by atoms with Gasteiger partial charge in [0.15, 0.2) is 0 Å². The standard InChI is InChI=1S/C12H18N4O2/c1-2-14-6-8-15(9-7-14)12(18)10-16-11(17)4-3-5-13-16/h3-5H,2,6-10H2,1H3. The van der Waals surface area contributed by atoms with Crippen molar-refractivity contribution >= 4 is 5.91 Å². The van der Waals surface area contributed by atoms with Crippen molar-refractivity contribution in [2.24, 2.45) is 0 Å². The molecule has 6 heteroatoms. The molecule has 0 aliphatic carbocycles. The highest BCUT2D eigenvalue weighted by Crippen LogP contribution is 2.02. The van der Waals surface area contributed by atoms with Gasteiger partial charge in [0.1, 0.15) is 6.54 Å². The SMILES string of the molecule is CCN1CCN(C(=O)Cn2ncccc2=O)CC1. The second kappa shape index (κ2) is 5.77. The Kier molecular flexibility index (Phi) is 4.09. The van der Waals surface area contributed by atoms with E-state index >= 15 is 0 Å². The van der Waals surface area contributed by atoms with E-state index in [-0.39, 0.29) is 18.0 Å². The van der Waals surface area contributed by atoms with Crippen molar-refractivity contribution in [3.63, 3.8) is 0 Å². The van der Waals surface area contributed by atoms with Crippen LogP contribution in [0.3, 0.4) is 0 Å². The lowest BCUT2D eigenvalue weighted by atomic mass is 10.3. The summed E-state index contributed by atoms with van der Waals surface area (Å²) in [5.74, 6) is -0.0356. The lowest BCUT2D eigenvalue weighted by Gasteiger charge is -2.34. The van der Waals surface area contributed by atoms with Crippen LogP contribution in [-0.4, -0.2) is 58.2 Å². The Labute approximate surface area is 106 Å². The summed E-state index contributed by atoms with van der Waals surface area (Å²) in [6.45, 7) is 6.43. The van der Waals surface area contributed by atoms with E-state index in [0.29, 0.717) is 0 Å². The number of hydrogen-bond donors (Lipinski definition) is 0. The van der Waals surface area contributed by atoms with E-state index in [4.69, 9.17) is 0 Å². The van der Waals surface area contributed by atoms with Gasteiger partial charge >= 0.3 is 0 Å². The molecule has 0 radical (unpaired) electrons. The Balaban J connectivity index is 1.93. The minimum Gasteiger partial charge on any atom is -0.339 e. The number of amides is 1. The van der Waals surface area contributed by atoms with Crippen LogP contribution < -0.4 is 5.56 Å². The van der Waals surface area contributed by atoms with Crippen molar-refractivity contribution in [3.05, 3.63) is 28.7 Å². The van der Waals surface area contributed by atoms with Gasteiger partial charge in [0.05, 0.1) is 0 Å². The molecule has 1 aromatic heterocycles. The van der Waals surface area contributed by atoms with Gasteiger partial charge in [-0.15, -0.1) is 0 Å². The van der Waals surface area contributed by atoms with Crippen LogP contribution in [-0.2, 0) is 11.3 Å². The Morgan fingerprint density at radius 2 is 2.06 bits per heavy atom. The fraction of sp³-hybridized carbons (Fsp3) is 0.583. The van der Waals surface area contributed by atoms with Crippen LogP contribution in [0.1, 0.15) is 6.92 Å². The van der Waals surface area contributed by atoms with E-state index in [1.807, 2.05) is 0 Å². The summed E-state index contributed by atoms with van der Waals surface area (Å²) >= 11 is 0. The molecule has 2 heterocycles. The van der Waals surface area contributed by atoms with Gasteiger partial charge in [0.2, 0.25) is 5.91 Å². The number of rotatable bonds is 3. The van der Waals surface area contributed by atoms with Crippen molar-refractivity contribution in [2.45, 2.75) is 13.5 Å². The Morgan fingerprint density at radius 1 is 1.33 bits per heavy atom. The fourth-order valence-corrected chi connectivity index (χ4v) is 2.05. The highest BCUT2D eigenvalue weighted by atomic mass is 16.2. The molecule has 1 aliphatic rings. The number of hydrogen-bond acceptors (Lipinski definition) is 4. The summed E-state index contributed by atoms with van der Waals surface area (Å²) in [6, 6.07) is 2.98. The van der Waals surface area contributed by atoms with Crippen molar-refractivity contribution < 1.29 is 4.79 Å². The Morgan fingerprint density at radius 3 is 2.67 bits per heavy atom. The van der Waals surface area contributed by atoms with Gasteiger partial charge in [-0.3, -0.25) is 9.59 Å². The molecule has 0 atom stereocenters. The molecular weight excluding hydrogens is 232 g/mol. The van der Waals surface area contributed by atoms with Crippen LogP contribution in [0.25, 0.3) is 0 Å². The quantitative estimate of drug-likeness (QED) is 0.719.